The van der Waals surface area contributed by atoms with Gasteiger partial charge in [-0.3, -0.25) is 4.79 Å². The SMILES string of the molecule is CC(C)CSC(C)C(=O)c1ccc(Cl)cc1Cl. The molecule has 0 saturated carbocycles. The van der Waals surface area contributed by atoms with Crippen molar-refractivity contribution in [2.45, 2.75) is 26.0 Å². The van der Waals surface area contributed by atoms with Crippen molar-refractivity contribution in [1.29, 1.82) is 0 Å². The van der Waals surface area contributed by atoms with Crippen LogP contribution in [0.15, 0.2) is 18.2 Å². The Bertz CT molecular complexity index is 404. The molecule has 0 N–H and O–H groups in total. The van der Waals surface area contributed by atoms with Gasteiger partial charge in [0.15, 0.2) is 5.78 Å². The van der Waals surface area contributed by atoms with Gasteiger partial charge in [0.25, 0.3) is 0 Å². The smallest absolute Gasteiger partial charge is 0.177 e. The molecule has 94 valence electrons. The number of thioether (sulfide) groups is 1. The second-order valence-electron chi connectivity index (χ2n) is 4.36. The van der Waals surface area contributed by atoms with Gasteiger partial charge < -0.3 is 0 Å². The van der Waals surface area contributed by atoms with E-state index in [0.717, 1.165) is 5.75 Å². The lowest BCUT2D eigenvalue weighted by Gasteiger charge is -2.12. The van der Waals surface area contributed by atoms with Crippen molar-refractivity contribution in [3.05, 3.63) is 33.8 Å². The third-order valence-electron chi connectivity index (χ3n) is 2.25. The van der Waals surface area contributed by atoms with Crippen molar-refractivity contribution in [3.63, 3.8) is 0 Å². The molecule has 0 aliphatic heterocycles. The summed E-state index contributed by atoms with van der Waals surface area (Å²) in [5.74, 6) is 1.62. The lowest BCUT2D eigenvalue weighted by Crippen LogP contribution is -2.15. The molecule has 0 amide bonds. The first kappa shape index (κ1) is 14.9. The fraction of sp³-hybridized carbons (Fsp3) is 0.462. The van der Waals surface area contributed by atoms with Gasteiger partial charge in [0, 0.05) is 10.6 Å². The molecule has 1 aromatic rings. The Morgan fingerprint density at radius 2 is 1.94 bits per heavy atom. The largest absolute Gasteiger partial charge is 0.293 e. The summed E-state index contributed by atoms with van der Waals surface area (Å²) in [6, 6.07) is 5.00. The highest BCUT2D eigenvalue weighted by Crippen LogP contribution is 2.25. The van der Waals surface area contributed by atoms with Crippen LogP contribution in [0, 0.1) is 5.92 Å². The van der Waals surface area contributed by atoms with Crippen molar-refractivity contribution in [1.82, 2.24) is 0 Å². The molecule has 1 atom stereocenters. The van der Waals surface area contributed by atoms with Gasteiger partial charge in [0.2, 0.25) is 0 Å². The molecule has 0 aromatic heterocycles. The summed E-state index contributed by atoms with van der Waals surface area (Å²) in [6.07, 6.45) is 0. The molecule has 4 heteroatoms. The van der Waals surface area contributed by atoms with E-state index in [1.54, 1.807) is 30.0 Å². The number of carbonyl (C=O) groups excluding carboxylic acids is 1. The van der Waals surface area contributed by atoms with Gasteiger partial charge in [-0.15, -0.1) is 0 Å². The number of carbonyl (C=O) groups is 1. The molecular weight excluding hydrogens is 275 g/mol. The van der Waals surface area contributed by atoms with Gasteiger partial charge in [-0.2, -0.15) is 11.8 Å². The summed E-state index contributed by atoms with van der Waals surface area (Å²) in [7, 11) is 0. The van der Waals surface area contributed by atoms with E-state index in [1.165, 1.54) is 0 Å². The monoisotopic (exact) mass is 290 g/mol. The maximum absolute atomic E-state index is 12.1. The second-order valence-corrected chi connectivity index (χ2v) is 6.58. The third-order valence-corrected chi connectivity index (χ3v) is 4.37. The minimum atomic E-state index is -0.0731. The number of ketones is 1. The first-order valence-corrected chi connectivity index (χ1v) is 7.33. The van der Waals surface area contributed by atoms with Crippen LogP contribution in [0.3, 0.4) is 0 Å². The van der Waals surface area contributed by atoms with Crippen LogP contribution >= 0.6 is 35.0 Å². The molecular formula is C13H16Cl2OS. The van der Waals surface area contributed by atoms with E-state index in [9.17, 15) is 4.79 Å². The van der Waals surface area contributed by atoms with Crippen LogP contribution < -0.4 is 0 Å². The maximum Gasteiger partial charge on any atom is 0.177 e. The minimum Gasteiger partial charge on any atom is -0.293 e. The number of rotatable bonds is 5. The molecule has 17 heavy (non-hydrogen) atoms. The molecule has 1 aromatic carbocycles. The lowest BCUT2D eigenvalue weighted by atomic mass is 10.1. The van der Waals surface area contributed by atoms with E-state index in [0.29, 0.717) is 21.5 Å². The number of hydrogen-bond donors (Lipinski definition) is 0. The number of Topliss-reactive ketones (excluding diaryl/α,β-unsaturated/α-hetero) is 1. The Morgan fingerprint density at radius 3 is 2.47 bits per heavy atom. The number of hydrogen-bond acceptors (Lipinski definition) is 2. The lowest BCUT2D eigenvalue weighted by molar-refractivity contribution is 0.0994. The zero-order valence-corrected chi connectivity index (χ0v) is 12.5. The van der Waals surface area contributed by atoms with Crippen LogP contribution in [-0.4, -0.2) is 16.8 Å². The molecule has 0 saturated heterocycles. The average Bonchev–Trinajstić information content (AvgIpc) is 2.25. The van der Waals surface area contributed by atoms with E-state index in [4.69, 9.17) is 23.2 Å². The van der Waals surface area contributed by atoms with Gasteiger partial charge in [-0.1, -0.05) is 37.0 Å². The first-order valence-electron chi connectivity index (χ1n) is 5.52. The van der Waals surface area contributed by atoms with Crippen LogP contribution in [0.1, 0.15) is 31.1 Å². The zero-order chi connectivity index (χ0) is 13.0. The van der Waals surface area contributed by atoms with Crippen molar-refractivity contribution >= 4 is 40.7 Å². The molecule has 0 radical (unpaired) electrons. The fourth-order valence-electron chi connectivity index (χ4n) is 1.32. The van der Waals surface area contributed by atoms with Gasteiger partial charge in [0.1, 0.15) is 0 Å². The van der Waals surface area contributed by atoms with E-state index in [1.807, 2.05) is 6.92 Å². The topological polar surface area (TPSA) is 17.1 Å². The van der Waals surface area contributed by atoms with E-state index in [2.05, 4.69) is 13.8 Å². The van der Waals surface area contributed by atoms with E-state index in [-0.39, 0.29) is 11.0 Å². The molecule has 0 spiro atoms. The molecule has 0 fully saturated rings. The Morgan fingerprint density at radius 1 is 1.29 bits per heavy atom. The Kier molecular flexibility index (Phi) is 5.84. The fourth-order valence-corrected chi connectivity index (χ4v) is 2.77. The predicted molar refractivity (Wildman–Crippen MR) is 77.6 cm³/mol. The van der Waals surface area contributed by atoms with Crippen LogP contribution in [0.5, 0.6) is 0 Å². The van der Waals surface area contributed by atoms with Crippen LogP contribution in [-0.2, 0) is 0 Å². The standard InChI is InChI=1S/C13H16Cl2OS/c1-8(2)7-17-9(3)13(16)11-5-4-10(14)6-12(11)15/h4-6,8-9H,7H2,1-3H3. The van der Waals surface area contributed by atoms with Crippen molar-refractivity contribution in [2.24, 2.45) is 5.92 Å². The van der Waals surface area contributed by atoms with Gasteiger partial charge in [-0.05, 0) is 36.8 Å². The highest BCUT2D eigenvalue weighted by Gasteiger charge is 2.18. The number of halogens is 2. The van der Waals surface area contributed by atoms with Gasteiger partial charge >= 0.3 is 0 Å². The van der Waals surface area contributed by atoms with Crippen molar-refractivity contribution in [3.8, 4) is 0 Å². The van der Waals surface area contributed by atoms with Gasteiger partial charge in [0.05, 0.1) is 10.3 Å². The zero-order valence-electron chi connectivity index (χ0n) is 10.2. The molecule has 1 nitrogen and oxygen atoms in total. The quantitative estimate of drug-likeness (QED) is 0.714. The average molecular weight is 291 g/mol. The van der Waals surface area contributed by atoms with Crippen LogP contribution in [0.2, 0.25) is 10.0 Å². The minimum absolute atomic E-state index is 0.0670. The highest BCUT2D eigenvalue weighted by molar-refractivity contribution is 8.00. The van der Waals surface area contributed by atoms with E-state index < -0.39 is 0 Å². The second kappa shape index (κ2) is 6.67. The van der Waals surface area contributed by atoms with Crippen LogP contribution in [0.25, 0.3) is 0 Å². The normalized spacial score (nSPS) is 12.8. The summed E-state index contributed by atoms with van der Waals surface area (Å²) >= 11 is 13.5. The maximum atomic E-state index is 12.1. The predicted octanol–water partition coefficient (Wildman–Crippen LogP) is 4.95. The summed E-state index contributed by atoms with van der Waals surface area (Å²) in [6.45, 7) is 6.19. The summed E-state index contributed by atoms with van der Waals surface area (Å²) < 4.78 is 0. The molecule has 0 heterocycles. The molecule has 1 unspecified atom stereocenters. The summed E-state index contributed by atoms with van der Waals surface area (Å²) in [5.41, 5.74) is 0.555. The third kappa shape index (κ3) is 4.53. The Hall–Kier alpha value is -0.180. The van der Waals surface area contributed by atoms with Crippen LogP contribution in [0.4, 0.5) is 0 Å². The molecule has 0 aliphatic carbocycles. The molecule has 1 rings (SSSR count). The highest BCUT2D eigenvalue weighted by atomic mass is 35.5. The molecule has 0 bridgehead atoms. The van der Waals surface area contributed by atoms with Gasteiger partial charge in [-0.25, -0.2) is 0 Å². The summed E-state index contributed by atoms with van der Waals surface area (Å²) in [4.78, 5) is 12.1. The van der Waals surface area contributed by atoms with E-state index >= 15 is 0 Å². The number of benzene rings is 1. The Balaban J connectivity index is 2.75. The first-order chi connectivity index (χ1) is 7.91. The van der Waals surface area contributed by atoms with Crippen molar-refractivity contribution in [2.75, 3.05) is 5.75 Å². The Labute approximate surface area is 117 Å². The summed E-state index contributed by atoms with van der Waals surface area (Å²) in [5, 5.41) is 0.907. The molecule has 0 aliphatic rings. The van der Waals surface area contributed by atoms with Crippen molar-refractivity contribution < 1.29 is 4.79 Å².